The Hall–Kier alpha value is -2.25. The number of aromatic nitrogens is 2. The summed E-state index contributed by atoms with van der Waals surface area (Å²) in [6.45, 7) is 12.1. The van der Waals surface area contributed by atoms with E-state index in [1.165, 1.54) is 5.69 Å². The lowest BCUT2D eigenvalue weighted by molar-refractivity contribution is -0.130. The monoisotopic (exact) mass is 429 g/mol. The zero-order valence-corrected chi connectivity index (χ0v) is 19.4. The fraction of sp³-hybridized carbons (Fsp3) is 0.783. The van der Waals surface area contributed by atoms with Crippen molar-refractivity contribution >= 4 is 17.8 Å². The van der Waals surface area contributed by atoms with Gasteiger partial charge in [-0.3, -0.25) is 9.48 Å². The van der Waals surface area contributed by atoms with Gasteiger partial charge in [0.1, 0.15) is 5.60 Å². The van der Waals surface area contributed by atoms with Crippen LogP contribution in [-0.4, -0.2) is 77.0 Å². The van der Waals surface area contributed by atoms with Gasteiger partial charge in [-0.2, -0.15) is 5.10 Å². The van der Waals surface area contributed by atoms with Crippen molar-refractivity contribution in [2.45, 2.75) is 58.6 Å². The fourth-order valence-electron chi connectivity index (χ4n) is 6.06. The van der Waals surface area contributed by atoms with Crippen LogP contribution in [-0.2, 0) is 9.53 Å². The summed E-state index contributed by atoms with van der Waals surface area (Å²) in [5.41, 5.74) is 0.993. The summed E-state index contributed by atoms with van der Waals surface area (Å²) in [6.07, 6.45) is 2.86. The lowest BCUT2D eigenvalue weighted by Gasteiger charge is -2.58. The van der Waals surface area contributed by atoms with Gasteiger partial charge >= 0.3 is 6.09 Å². The molecule has 4 aliphatic rings. The van der Waals surface area contributed by atoms with E-state index >= 15 is 0 Å². The Morgan fingerprint density at radius 2 is 1.94 bits per heavy atom. The van der Waals surface area contributed by atoms with Crippen LogP contribution >= 0.6 is 0 Å². The van der Waals surface area contributed by atoms with E-state index in [1.807, 2.05) is 37.6 Å². The fourth-order valence-corrected chi connectivity index (χ4v) is 6.06. The molecule has 0 bridgehead atoms. The van der Waals surface area contributed by atoms with Crippen molar-refractivity contribution < 1.29 is 14.3 Å². The van der Waals surface area contributed by atoms with E-state index in [1.54, 1.807) is 0 Å². The van der Waals surface area contributed by atoms with E-state index in [2.05, 4.69) is 22.6 Å². The molecule has 2 unspecified atom stereocenters. The number of fused-ring (bicyclic) bond motifs is 1. The predicted molar refractivity (Wildman–Crippen MR) is 117 cm³/mol. The number of hydrogen-bond acceptors (Lipinski definition) is 5. The molecular weight excluding hydrogens is 394 g/mol. The van der Waals surface area contributed by atoms with Crippen molar-refractivity contribution in [1.29, 1.82) is 0 Å². The Kier molecular flexibility index (Phi) is 4.58. The Labute approximate surface area is 184 Å². The summed E-state index contributed by atoms with van der Waals surface area (Å²) >= 11 is 0. The van der Waals surface area contributed by atoms with Crippen LogP contribution < -0.4 is 4.90 Å². The molecule has 8 heteroatoms. The number of carbonyl (C=O) groups is 2. The van der Waals surface area contributed by atoms with Gasteiger partial charge < -0.3 is 19.4 Å². The predicted octanol–water partition coefficient (Wildman–Crippen LogP) is 2.68. The van der Waals surface area contributed by atoms with E-state index in [0.29, 0.717) is 17.9 Å². The zero-order chi connectivity index (χ0) is 22.1. The summed E-state index contributed by atoms with van der Waals surface area (Å²) in [5, 5.41) is 4.97. The number of rotatable bonds is 2. The molecule has 0 N–H and O–H groups in total. The van der Waals surface area contributed by atoms with Gasteiger partial charge in [-0.15, -0.1) is 0 Å². The average Bonchev–Trinajstić information content (AvgIpc) is 3.11. The molecule has 5 rings (SSSR count). The first kappa shape index (κ1) is 20.6. The number of hydrogen-bond donors (Lipinski definition) is 0. The minimum absolute atomic E-state index is 0.196. The van der Waals surface area contributed by atoms with Crippen molar-refractivity contribution in [2.24, 2.45) is 17.3 Å². The second-order valence-electron chi connectivity index (χ2n) is 11.3. The largest absolute Gasteiger partial charge is 0.444 e. The van der Waals surface area contributed by atoms with Crippen LogP contribution in [0.15, 0.2) is 6.07 Å². The van der Waals surface area contributed by atoms with Gasteiger partial charge in [0.2, 0.25) is 5.91 Å². The number of carbonyl (C=O) groups excluding carboxylic acids is 2. The molecule has 1 aromatic rings. The van der Waals surface area contributed by atoms with E-state index in [9.17, 15) is 9.59 Å². The molecule has 2 atom stereocenters. The number of aryl methyl sites for hydroxylation is 1. The zero-order valence-electron chi connectivity index (χ0n) is 19.4. The van der Waals surface area contributed by atoms with Crippen molar-refractivity contribution in [1.82, 2.24) is 19.6 Å². The molecule has 0 radical (unpaired) electrons. The van der Waals surface area contributed by atoms with Crippen LogP contribution in [0, 0.1) is 24.2 Å². The third-order valence-electron chi connectivity index (χ3n) is 7.56. The third-order valence-corrected chi connectivity index (χ3v) is 7.56. The van der Waals surface area contributed by atoms with Gasteiger partial charge in [0, 0.05) is 68.8 Å². The Morgan fingerprint density at radius 3 is 2.61 bits per heavy atom. The molecule has 1 aromatic heterocycles. The van der Waals surface area contributed by atoms with Gasteiger partial charge in [-0.25, -0.2) is 4.79 Å². The molecule has 1 saturated carbocycles. The van der Waals surface area contributed by atoms with Crippen LogP contribution in [0.3, 0.4) is 0 Å². The van der Waals surface area contributed by atoms with Gasteiger partial charge in [0.25, 0.3) is 0 Å². The lowest BCUT2D eigenvalue weighted by Crippen LogP contribution is -2.64. The molecule has 4 heterocycles. The molecular formula is C23H35N5O3. The normalized spacial score (nSPS) is 27.9. The minimum atomic E-state index is -0.444. The van der Waals surface area contributed by atoms with E-state index in [-0.39, 0.29) is 17.4 Å². The number of anilines is 1. The van der Waals surface area contributed by atoms with E-state index in [4.69, 9.17) is 9.84 Å². The first-order valence-electron chi connectivity index (χ1n) is 11.6. The van der Waals surface area contributed by atoms with E-state index < -0.39 is 5.60 Å². The van der Waals surface area contributed by atoms with E-state index in [0.717, 1.165) is 57.8 Å². The second kappa shape index (κ2) is 6.87. The molecule has 2 amide bonds. The molecule has 8 nitrogen and oxygen atoms in total. The second-order valence-corrected chi connectivity index (χ2v) is 11.3. The van der Waals surface area contributed by atoms with Crippen molar-refractivity contribution in [3.05, 3.63) is 11.8 Å². The molecule has 1 aliphatic carbocycles. The third kappa shape index (κ3) is 3.57. The van der Waals surface area contributed by atoms with Crippen molar-refractivity contribution in [3.63, 3.8) is 0 Å². The highest BCUT2D eigenvalue weighted by atomic mass is 16.6. The average molecular weight is 430 g/mol. The maximum Gasteiger partial charge on any atom is 0.410 e. The Morgan fingerprint density at radius 1 is 1.23 bits per heavy atom. The molecule has 4 fully saturated rings. The number of likely N-dealkylation sites (tertiary alicyclic amines) is 2. The highest BCUT2D eigenvalue weighted by Crippen LogP contribution is 2.54. The summed E-state index contributed by atoms with van der Waals surface area (Å²) in [5.74, 6) is 1.97. The van der Waals surface area contributed by atoms with Crippen molar-refractivity contribution in [2.75, 3.05) is 44.7 Å². The Balaban J connectivity index is 1.17. The standard InChI is InChI=1S/C23H35N5O3/c1-15-8-19(26-7-6-18-16(12-26)11-25(5)20(18)29)24-28(15)17-9-23(10-17)13-27(14-23)21(30)31-22(2,3)4/h8,16-18H,6-7,9-14H2,1-5H3. The number of ether oxygens (including phenoxy) is 1. The summed E-state index contributed by atoms with van der Waals surface area (Å²) in [6, 6.07) is 2.60. The number of amides is 2. The molecule has 0 aromatic carbocycles. The van der Waals surface area contributed by atoms with Crippen LogP contribution in [0.1, 0.15) is 51.8 Å². The highest BCUT2D eigenvalue weighted by molar-refractivity contribution is 5.81. The van der Waals surface area contributed by atoms with Crippen LogP contribution in [0.2, 0.25) is 0 Å². The molecule has 1 spiro atoms. The van der Waals surface area contributed by atoms with Gasteiger partial charge in [0.15, 0.2) is 5.82 Å². The summed E-state index contributed by atoms with van der Waals surface area (Å²) in [4.78, 5) is 30.6. The summed E-state index contributed by atoms with van der Waals surface area (Å²) < 4.78 is 7.68. The minimum Gasteiger partial charge on any atom is -0.444 e. The van der Waals surface area contributed by atoms with Gasteiger partial charge in [-0.1, -0.05) is 0 Å². The van der Waals surface area contributed by atoms with Crippen LogP contribution in [0.25, 0.3) is 0 Å². The van der Waals surface area contributed by atoms with Crippen LogP contribution in [0.4, 0.5) is 10.6 Å². The maximum atomic E-state index is 12.3. The molecule has 31 heavy (non-hydrogen) atoms. The van der Waals surface area contributed by atoms with Crippen molar-refractivity contribution in [3.8, 4) is 0 Å². The van der Waals surface area contributed by atoms with Crippen LogP contribution in [0.5, 0.6) is 0 Å². The molecule has 3 aliphatic heterocycles. The first-order valence-corrected chi connectivity index (χ1v) is 11.6. The van der Waals surface area contributed by atoms with Gasteiger partial charge in [0.05, 0.1) is 6.04 Å². The maximum absolute atomic E-state index is 12.3. The summed E-state index contributed by atoms with van der Waals surface area (Å²) in [7, 11) is 1.92. The van der Waals surface area contributed by atoms with Gasteiger partial charge in [-0.05, 0) is 47.0 Å². The topological polar surface area (TPSA) is 70.9 Å². The first-order chi connectivity index (χ1) is 14.5. The number of piperidine rings is 1. The SMILES string of the molecule is Cc1cc(N2CCC3C(=O)N(C)CC3C2)nn1C1CC2(C1)CN(C(=O)OC(C)(C)C)C2. The smallest absolute Gasteiger partial charge is 0.410 e. The quantitative estimate of drug-likeness (QED) is 0.723. The Bertz CT molecular complexity index is 890. The molecule has 3 saturated heterocycles. The highest BCUT2D eigenvalue weighted by Gasteiger charge is 2.55. The number of nitrogens with zero attached hydrogens (tertiary/aromatic N) is 5. The lowest BCUT2D eigenvalue weighted by atomic mass is 9.61. The molecule has 170 valence electrons.